The molecule has 0 radical (unpaired) electrons. The van der Waals surface area contributed by atoms with Gasteiger partial charge in [-0.15, -0.1) is 0 Å². The molecule has 0 spiro atoms. The molecule has 3 heteroatoms. The third kappa shape index (κ3) is 7.02. The lowest BCUT2D eigenvalue weighted by atomic mass is 10.0. The van der Waals surface area contributed by atoms with Crippen molar-refractivity contribution in [1.82, 2.24) is 0 Å². The van der Waals surface area contributed by atoms with Crippen molar-refractivity contribution in [3.05, 3.63) is 35.4 Å². The maximum absolute atomic E-state index is 5.86. The number of nitrogens with zero attached hydrogens (tertiary/aromatic N) is 1. The van der Waals surface area contributed by atoms with Gasteiger partial charge in [0.25, 0.3) is 0 Å². The maximum Gasteiger partial charge on any atom is 0.163 e. The fourth-order valence-electron chi connectivity index (χ4n) is 3.61. The van der Waals surface area contributed by atoms with E-state index < -0.39 is 5.79 Å². The third-order valence-electron chi connectivity index (χ3n) is 5.67. The van der Waals surface area contributed by atoms with Crippen molar-refractivity contribution in [3.8, 4) is 0 Å². The topological polar surface area (TPSA) is 18.5 Å². The molecule has 1 aromatic carbocycles. The van der Waals surface area contributed by atoms with Gasteiger partial charge in [-0.2, -0.15) is 0 Å². The molecule has 1 fully saturated rings. The number of benzene rings is 1. The lowest BCUT2D eigenvalue weighted by Crippen LogP contribution is -2.57. The molecule has 0 aromatic heterocycles. The first-order valence-electron chi connectivity index (χ1n) is 10.5. The number of hydrogen-bond acceptors (Lipinski definition) is 2. The molecule has 2 rings (SSSR count). The summed E-state index contributed by atoms with van der Waals surface area (Å²) in [5.74, 6) is -0.436. The zero-order valence-corrected chi connectivity index (χ0v) is 17.7. The minimum absolute atomic E-state index is 0.380. The molecule has 1 aromatic rings. The van der Waals surface area contributed by atoms with E-state index in [1.807, 2.05) is 13.8 Å². The van der Waals surface area contributed by atoms with Crippen LogP contribution < -0.4 is 0 Å². The van der Waals surface area contributed by atoms with Crippen LogP contribution in [0.25, 0.3) is 0 Å². The van der Waals surface area contributed by atoms with Crippen molar-refractivity contribution in [2.24, 2.45) is 0 Å². The van der Waals surface area contributed by atoms with Gasteiger partial charge in [0.05, 0.1) is 14.1 Å². The smallest absolute Gasteiger partial charge is 0.163 e. The summed E-state index contributed by atoms with van der Waals surface area (Å²) in [6, 6.07) is 9.63. The molecule has 0 unspecified atom stereocenters. The number of unbranched alkanes of at least 4 members (excludes halogenated alkanes) is 5. The van der Waals surface area contributed by atoms with Crippen LogP contribution in [-0.4, -0.2) is 43.6 Å². The van der Waals surface area contributed by atoms with Gasteiger partial charge in [0, 0.05) is 5.56 Å². The fraction of sp³-hybridized carbons (Fsp3) is 0.739. The van der Waals surface area contributed by atoms with Gasteiger partial charge in [-0.3, -0.25) is 0 Å². The lowest BCUT2D eigenvalue weighted by Gasteiger charge is -2.43. The van der Waals surface area contributed by atoms with Crippen LogP contribution in [0.1, 0.15) is 70.4 Å². The predicted octanol–water partition coefficient (Wildman–Crippen LogP) is 5.32. The molecule has 0 atom stereocenters. The monoisotopic (exact) mass is 362 g/mol. The van der Waals surface area contributed by atoms with Gasteiger partial charge in [0.1, 0.15) is 25.8 Å². The number of aryl methyl sites for hydroxylation is 1. The van der Waals surface area contributed by atoms with Gasteiger partial charge < -0.3 is 14.0 Å². The van der Waals surface area contributed by atoms with Crippen LogP contribution in [0.15, 0.2) is 24.3 Å². The number of rotatable bonds is 10. The van der Waals surface area contributed by atoms with E-state index in [0.717, 1.165) is 24.2 Å². The molecule has 148 valence electrons. The van der Waals surface area contributed by atoms with Crippen LogP contribution in [0, 0.1) is 0 Å². The summed E-state index contributed by atoms with van der Waals surface area (Å²) in [6.45, 7) is 8.79. The van der Waals surface area contributed by atoms with Crippen LogP contribution in [0.2, 0.25) is 0 Å². The van der Waals surface area contributed by atoms with Crippen molar-refractivity contribution in [1.29, 1.82) is 0 Å². The first-order chi connectivity index (χ1) is 12.3. The fourth-order valence-corrected chi connectivity index (χ4v) is 3.61. The highest BCUT2D eigenvalue weighted by Gasteiger charge is 2.37. The van der Waals surface area contributed by atoms with Crippen molar-refractivity contribution in [3.63, 3.8) is 0 Å². The normalized spacial score (nSPS) is 18.2. The summed E-state index contributed by atoms with van der Waals surface area (Å²) in [6.07, 6.45) is 9.39. The summed E-state index contributed by atoms with van der Waals surface area (Å²) in [4.78, 5) is 0. The Hall–Kier alpha value is -0.900. The second-order valence-electron chi connectivity index (χ2n) is 8.95. The van der Waals surface area contributed by atoms with Crippen LogP contribution in [0.4, 0.5) is 0 Å². The second kappa shape index (κ2) is 9.87. The van der Waals surface area contributed by atoms with Gasteiger partial charge in [-0.05, 0) is 32.3 Å². The highest BCUT2D eigenvalue weighted by atomic mass is 16.7. The minimum atomic E-state index is -0.436. The average molecular weight is 363 g/mol. The SMILES string of the molecule is CCCCCCCCc1ccc(C[N+](C)(C)C2COC(C)(C)OC2)cc1. The Balaban J connectivity index is 1.77. The van der Waals surface area contributed by atoms with Crippen molar-refractivity contribution >= 4 is 0 Å². The molecule has 0 N–H and O–H groups in total. The Kier molecular flexibility index (Phi) is 8.12. The zero-order valence-electron chi connectivity index (χ0n) is 17.7. The first kappa shape index (κ1) is 21.4. The van der Waals surface area contributed by atoms with Crippen LogP contribution in [-0.2, 0) is 22.4 Å². The van der Waals surface area contributed by atoms with Crippen molar-refractivity contribution in [2.75, 3.05) is 27.3 Å². The van der Waals surface area contributed by atoms with E-state index in [0.29, 0.717) is 6.04 Å². The maximum atomic E-state index is 5.86. The van der Waals surface area contributed by atoms with Gasteiger partial charge >= 0.3 is 0 Å². The number of hydrogen-bond donors (Lipinski definition) is 0. The Bertz CT molecular complexity index is 512. The number of quaternary nitrogens is 1. The standard InChI is InChI=1S/C23H40NO2/c1-6-7-8-9-10-11-12-20-13-15-21(16-14-20)17-24(4,5)22-18-25-23(2,3)26-19-22/h13-16,22H,6-12,17-19H2,1-5H3/q+1. The van der Waals surface area contributed by atoms with Gasteiger partial charge in [0.15, 0.2) is 5.79 Å². The molecule has 0 aliphatic carbocycles. The largest absolute Gasteiger partial charge is 0.344 e. The number of ether oxygens (including phenoxy) is 2. The molecule has 1 aliphatic rings. The Morgan fingerprint density at radius 3 is 2.04 bits per heavy atom. The summed E-state index contributed by atoms with van der Waals surface area (Å²) < 4.78 is 12.6. The van der Waals surface area contributed by atoms with Crippen molar-refractivity contribution in [2.45, 2.75) is 84.1 Å². The Labute approximate surface area is 161 Å². The highest BCUT2D eigenvalue weighted by Crippen LogP contribution is 2.24. The van der Waals surface area contributed by atoms with Gasteiger partial charge in [0.2, 0.25) is 0 Å². The van der Waals surface area contributed by atoms with E-state index in [1.54, 1.807) is 0 Å². The molecule has 0 amide bonds. The summed E-state index contributed by atoms with van der Waals surface area (Å²) in [7, 11) is 4.56. The second-order valence-corrected chi connectivity index (χ2v) is 8.95. The van der Waals surface area contributed by atoms with E-state index >= 15 is 0 Å². The van der Waals surface area contributed by atoms with E-state index in [9.17, 15) is 0 Å². The van der Waals surface area contributed by atoms with Crippen molar-refractivity contribution < 1.29 is 14.0 Å². The first-order valence-corrected chi connectivity index (χ1v) is 10.5. The molecular weight excluding hydrogens is 322 g/mol. The van der Waals surface area contributed by atoms with E-state index in [2.05, 4.69) is 45.3 Å². The van der Waals surface area contributed by atoms with Crippen LogP contribution in [0.5, 0.6) is 0 Å². The van der Waals surface area contributed by atoms with Gasteiger partial charge in [-0.25, -0.2) is 0 Å². The minimum Gasteiger partial charge on any atom is -0.344 e. The average Bonchev–Trinajstić information content (AvgIpc) is 2.59. The predicted molar refractivity (Wildman–Crippen MR) is 109 cm³/mol. The molecular formula is C23H40NO2+. The molecule has 0 saturated carbocycles. The molecule has 3 nitrogen and oxygen atoms in total. The molecule has 1 heterocycles. The van der Waals surface area contributed by atoms with Crippen LogP contribution in [0.3, 0.4) is 0 Å². The van der Waals surface area contributed by atoms with Crippen LogP contribution >= 0.6 is 0 Å². The van der Waals surface area contributed by atoms with E-state index in [1.165, 1.54) is 56.1 Å². The van der Waals surface area contributed by atoms with E-state index in [-0.39, 0.29) is 0 Å². The molecule has 0 bridgehead atoms. The van der Waals surface area contributed by atoms with Gasteiger partial charge in [-0.1, -0.05) is 63.3 Å². The highest BCUT2D eigenvalue weighted by molar-refractivity contribution is 5.22. The third-order valence-corrected chi connectivity index (χ3v) is 5.67. The molecule has 1 saturated heterocycles. The summed E-state index contributed by atoms with van der Waals surface area (Å²) in [5.41, 5.74) is 2.87. The lowest BCUT2D eigenvalue weighted by molar-refractivity contribution is -0.931. The Morgan fingerprint density at radius 2 is 1.42 bits per heavy atom. The molecule has 1 aliphatic heterocycles. The summed E-state index contributed by atoms with van der Waals surface area (Å²) >= 11 is 0. The summed E-state index contributed by atoms with van der Waals surface area (Å²) in [5, 5.41) is 0. The quantitative estimate of drug-likeness (QED) is 0.414. The van der Waals surface area contributed by atoms with E-state index in [4.69, 9.17) is 9.47 Å². The zero-order chi connectivity index (χ0) is 19.0. The Morgan fingerprint density at radius 1 is 0.885 bits per heavy atom. The molecule has 26 heavy (non-hydrogen) atoms. The number of likely N-dealkylation sites (N-methyl/N-ethyl adjacent to an activating group) is 1.